The molecule has 108 valence electrons. The maximum atomic E-state index is 11.7. The number of rotatable bonds is 4. The van der Waals surface area contributed by atoms with E-state index in [1.807, 2.05) is 6.07 Å². The highest BCUT2D eigenvalue weighted by Gasteiger charge is 2.10. The summed E-state index contributed by atoms with van der Waals surface area (Å²) in [5.74, 6) is -1.33. The molecule has 0 aliphatic carbocycles. The van der Waals surface area contributed by atoms with Crippen molar-refractivity contribution in [1.29, 1.82) is 0 Å². The van der Waals surface area contributed by atoms with Gasteiger partial charge in [-0.25, -0.2) is 9.59 Å². The first-order valence-electron chi connectivity index (χ1n) is 6.62. The molecule has 1 N–H and O–H groups in total. The molecule has 2 rings (SSSR count). The van der Waals surface area contributed by atoms with Crippen LogP contribution in [0, 0.1) is 0 Å². The van der Waals surface area contributed by atoms with Crippen molar-refractivity contribution in [3.8, 4) is 11.1 Å². The lowest BCUT2D eigenvalue weighted by Gasteiger charge is -2.08. The molecular formula is C17H16O4. The zero-order chi connectivity index (χ0) is 15.4. The van der Waals surface area contributed by atoms with Crippen LogP contribution in [-0.2, 0) is 4.74 Å². The zero-order valence-electron chi connectivity index (χ0n) is 11.9. The average Bonchev–Trinajstić information content (AvgIpc) is 2.47. The molecule has 0 saturated heterocycles. The zero-order valence-corrected chi connectivity index (χ0v) is 11.9. The van der Waals surface area contributed by atoms with Crippen molar-refractivity contribution in [1.82, 2.24) is 0 Å². The van der Waals surface area contributed by atoms with E-state index in [4.69, 9.17) is 9.84 Å². The van der Waals surface area contributed by atoms with E-state index in [1.54, 1.807) is 56.3 Å². The Hall–Kier alpha value is -2.62. The van der Waals surface area contributed by atoms with Gasteiger partial charge >= 0.3 is 11.9 Å². The Morgan fingerprint density at radius 1 is 0.952 bits per heavy atom. The highest BCUT2D eigenvalue weighted by atomic mass is 16.5. The van der Waals surface area contributed by atoms with Gasteiger partial charge in [0.1, 0.15) is 0 Å². The molecule has 0 spiro atoms. The van der Waals surface area contributed by atoms with Crippen LogP contribution in [0.5, 0.6) is 0 Å². The number of esters is 1. The van der Waals surface area contributed by atoms with Crippen molar-refractivity contribution in [3.05, 3.63) is 59.7 Å². The molecule has 21 heavy (non-hydrogen) atoms. The summed E-state index contributed by atoms with van der Waals surface area (Å²) in [5, 5.41) is 9.00. The monoisotopic (exact) mass is 284 g/mol. The minimum atomic E-state index is -0.964. The molecule has 0 aliphatic rings. The van der Waals surface area contributed by atoms with Gasteiger partial charge in [-0.1, -0.05) is 24.3 Å². The lowest BCUT2D eigenvalue weighted by molar-refractivity contribution is 0.0377. The number of ether oxygens (including phenoxy) is 1. The van der Waals surface area contributed by atoms with Gasteiger partial charge in [-0.2, -0.15) is 0 Å². The summed E-state index contributed by atoms with van der Waals surface area (Å²) in [6, 6.07) is 13.6. The molecule has 2 aromatic carbocycles. The number of carboxylic acid groups (broad SMARTS) is 1. The molecule has 0 unspecified atom stereocenters. The largest absolute Gasteiger partial charge is 0.478 e. The van der Waals surface area contributed by atoms with Gasteiger partial charge in [0, 0.05) is 0 Å². The molecule has 2 aromatic rings. The fourth-order valence-corrected chi connectivity index (χ4v) is 1.91. The molecule has 0 heterocycles. The maximum Gasteiger partial charge on any atom is 0.338 e. The standard InChI is InChI=1S/C17H16O4/c1-11(2)21-17(20)13-8-6-12(7-9-13)14-4-3-5-15(10-14)16(18)19/h3-11H,1-2H3,(H,18,19). The molecule has 0 radical (unpaired) electrons. The first-order valence-corrected chi connectivity index (χ1v) is 6.62. The normalized spacial score (nSPS) is 10.4. The summed E-state index contributed by atoms with van der Waals surface area (Å²) < 4.78 is 5.12. The van der Waals surface area contributed by atoms with E-state index in [9.17, 15) is 9.59 Å². The van der Waals surface area contributed by atoms with E-state index >= 15 is 0 Å². The van der Waals surface area contributed by atoms with Crippen LogP contribution in [0.15, 0.2) is 48.5 Å². The first kappa shape index (κ1) is 14.8. The van der Waals surface area contributed by atoms with Crippen LogP contribution in [0.25, 0.3) is 11.1 Å². The van der Waals surface area contributed by atoms with E-state index < -0.39 is 5.97 Å². The highest BCUT2D eigenvalue weighted by molar-refractivity contribution is 5.91. The van der Waals surface area contributed by atoms with Gasteiger partial charge in [0.15, 0.2) is 0 Å². The number of benzene rings is 2. The van der Waals surface area contributed by atoms with Crippen molar-refractivity contribution in [2.45, 2.75) is 20.0 Å². The third kappa shape index (κ3) is 3.69. The van der Waals surface area contributed by atoms with E-state index in [0.717, 1.165) is 11.1 Å². The number of hydrogen-bond donors (Lipinski definition) is 1. The van der Waals surface area contributed by atoms with E-state index in [1.165, 1.54) is 0 Å². The fourth-order valence-electron chi connectivity index (χ4n) is 1.91. The Morgan fingerprint density at radius 3 is 2.19 bits per heavy atom. The summed E-state index contributed by atoms with van der Waals surface area (Å²) in [6.07, 6.45) is -0.163. The summed E-state index contributed by atoms with van der Waals surface area (Å²) >= 11 is 0. The number of aromatic carboxylic acids is 1. The Labute approximate surface area is 123 Å². The van der Waals surface area contributed by atoms with Crippen LogP contribution in [0.3, 0.4) is 0 Å². The molecule has 0 amide bonds. The van der Waals surface area contributed by atoms with E-state index in [-0.39, 0.29) is 17.6 Å². The fraction of sp³-hybridized carbons (Fsp3) is 0.176. The molecule has 0 bridgehead atoms. The van der Waals surface area contributed by atoms with Gasteiger partial charge in [0.05, 0.1) is 17.2 Å². The van der Waals surface area contributed by atoms with Crippen LogP contribution in [0.4, 0.5) is 0 Å². The third-order valence-electron chi connectivity index (χ3n) is 2.91. The average molecular weight is 284 g/mol. The van der Waals surface area contributed by atoms with Crippen molar-refractivity contribution in [2.75, 3.05) is 0 Å². The van der Waals surface area contributed by atoms with Crippen LogP contribution in [0.1, 0.15) is 34.6 Å². The topological polar surface area (TPSA) is 63.6 Å². The lowest BCUT2D eigenvalue weighted by Crippen LogP contribution is -2.11. The van der Waals surface area contributed by atoms with Gasteiger partial charge in [-0.15, -0.1) is 0 Å². The quantitative estimate of drug-likeness (QED) is 0.871. The molecule has 0 saturated carbocycles. The van der Waals surface area contributed by atoms with Gasteiger partial charge < -0.3 is 9.84 Å². The number of hydrogen-bond acceptors (Lipinski definition) is 3. The van der Waals surface area contributed by atoms with Crippen LogP contribution in [0.2, 0.25) is 0 Å². The van der Waals surface area contributed by atoms with Crippen molar-refractivity contribution >= 4 is 11.9 Å². The molecular weight excluding hydrogens is 268 g/mol. The number of carbonyl (C=O) groups excluding carboxylic acids is 1. The van der Waals surface area contributed by atoms with Crippen molar-refractivity contribution in [2.24, 2.45) is 0 Å². The van der Waals surface area contributed by atoms with Crippen molar-refractivity contribution in [3.63, 3.8) is 0 Å². The number of carboxylic acids is 1. The second-order valence-electron chi connectivity index (χ2n) is 4.92. The van der Waals surface area contributed by atoms with Crippen LogP contribution in [-0.4, -0.2) is 23.1 Å². The van der Waals surface area contributed by atoms with Crippen molar-refractivity contribution < 1.29 is 19.4 Å². The lowest BCUT2D eigenvalue weighted by atomic mass is 10.0. The van der Waals surface area contributed by atoms with Crippen LogP contribution < -0.4 is 0 Å². The predicted molar refractivity (Wildman–Crippen MR) is 79.4 cm³/mol. The SMILES string of the molecule is CC(C)OC(=O)c1ccc(-c2cccc(C(=O)O)c2)cc1. The predicted octanol–water partition coefficient (Wildman–Crippen LogP) is 3.62. The third-order valence-corrected chi connectivity index (χ3v) is 2.91. The Bertz CT molecular complexity index is 657. The Balaban J connectivity index is 2.25. The molecule has 0 atom stereocenters. The summed E-state index contributed by atoms with van der Waals surface area (Å²) in [6.45, 7) is 3.59. The van der Waals surface area contributed by atoms with E-state index in [0.29, 0.717) is 5.56 Å². The highest BCUT2D eigenvalue weighted by Crippen LogP contribution is 2.21. The van der Waals surface area contributed by atoms with E-state index in [2.05, 4.69) is 0 Å². The Kier molecular flexibility index (Phi) is 4.38. The molecule has 0 aromatic heterocycles. The van der Waals surface area contributed by atoms with Gasteiger partial charge in [0.2, 0.25) is 0 Å². The van der Waals surface area contributed by atoms with Crippen LogP contribution >= 0.6 is 0 Å². The smallest absolute Gasteiger partial charge is 0.338 e. The summed E-state index contributed by atoms with van der Waals surface area (Å²) in [7, 11) is 0. The summed E-state index contributed by atoms with van der Waals surface area (Å²) in [4.78, 5) is 22.7. The molecule has 0 aliphatic heterocycles. The van der Waals surface area contributed by atoms with Gasteiger partial charge in [-0.3, -0.25) is 0 Å². The van der Waals surface area contributed by atoms with Gasteiger partial charge in [0.25, 0.3) is 0 Å². The molecule has 4 heteroatoms. The number of carbonyl (C=O) groups is 2. The van der Waals surface area contributed by atoms with Gasteiger partial charge in [-0.05, 0) is 49.2 Å². The Morgan fingerprint density at radius 2 is 1.62 bits per heavy atom. The summed E-state index contributed by atoms with van der Waals surface area (Å²) in [5.41, 5.74) is 2.34. The minimum absolute atomic E-state index is 0.163. The second kappa shape index (κ2) is 6.22. The molecule has 0 fully saturated rings. The first-order chi connectivity index (χ1) is 9.97. The maximum absolute atomic E-state index is 11.7. The minimum Gasteiger partial charge on any atom is -0.478 e. The second-order valence-corrected chi connectivity index (χ2v) is 4.92. The molecule has 4 nitrogen and oxygen atoms in total.